The van der Waals surface area contributed by atoms with Crippen molar-refractivity contribution in [2.45, 2.75) is 59.0 Å². The van der Waals surface area contributed by atoms with E-state index in [9.17, 15) is 4.79 Å². The van der Waals surface area contributed by atoms with Gasteiger partial charge in [-0.25, -0.2) is 14.8 Å². The fourth-order valence-electron chi connectivity index (χ4n) is 3.30. The monoisotopic (exact) mass is 347 g/mol. The maximum Gasteiger partial charge on any atom is 0.324 e. The lowest BCUT2D eigenvalue weighted by Gasteiger charge is -2.35. The van der Waals surface area contributed by atoms with Gasteiger partial charge in [0.1, 0.15) is 5.82 Å². The third kappa shape index (κ3) is 3.31. The Kier molecular flexibility index (Phi) is 5.18. The number of imidazole rings is 1. The Hall–Kier alpha value is -1.89. The molecule has 0 aliphatic carbocycles. The third-order valence-electron chi connectivity index (χ3n) is 4.59. The number of thiazole rings is 1. The molecule has 24 heavy (non-hydrogen) atoms. The molecule has 6 nitrogen and oxygen atoms in total. The quantitative estimate of drug-likeness (QED) is 0.909. The van der Waals surface area contributed by atoms with E-state index in [1.807, 2.05) is 24.2 Å². The van der Waals surface area contributed by atoms with Gasteiger partial charge in [-0.05, 0) is 39.5 Å². The van der Waals surface area contributed by atoms with E-state index in [2.05, 4.69) is 33.7 Å². The molecule has 0 unspecified atom stereocenters. The van der Waals surface area contributed by atoms with Gasteiger partial charge < -0.3 is 9.47 Å². The number of anilines is 1. The summed E-state index contributed by atoms with van der Waals surface area (Å²) in [6, 6.07) is -0.0258. The standard InChI is InChI=1S/C17H25N5OS/c1-4-13-12(3)24-16(19-13)20-17(23)22-10-7-6-8-14(22)15-18-9-11-21(15)5-2/h9,11,14H,4-8,10H2,1-3H3,(H,19,20,23)/t14-/m0/s1. The van der Waals surface area contributed by atoms with Crippen molar-refractivity contribution in [2.24, 2.45) is 0 Å². The number of amides is 2. The van der Waals surface area contributed by atoms with Crippen LogP contribution in [0, 0.1) is 6.92 Å². The first-order chi connectivity index (χ1) is 11.6. The molecule has 0 bridgehead atoms. The molecule has 0 saturated carbocycles. The maximum absolute atomic E-state index is 12.8. The van der Waals surface area contributed by atoms with Crippen LogP contribution in [-0.2, 0) is 13.0 Å². The number of hydrogen-bond donors (Lipinski definition) is 1. The van der Waals surface area contributed by atoms with Crippen molar-refractivity contribution in [3.8, 4) is 0 Å². The van der Waals surface area contributed by atoms with Gasteiger partial charge in [-0.15, -0.1) is 11.3 Å². The Labute approximate surface area is 146 Å². The van der Waals surface area contributed by atoms with Crippen LogP contribution >= 0.6 is 11.3 Å². The lowest BCUT2D eigenvalue weighted by molar-refractivity contribution is 0.157. The second-order valence-corrected chi connectivity index (χ2v) is 7.29. The van der Waals surface area contributed by atoms with E-state index in [1.54, 1.807) is 11.3 Å². The van der Waals surface area contributed by atoms with E-state index in [4.69, 9.17) is 0 Å². The number of piperidine rings is 1. The highest BCUT2D eigenvalue weighted by atomic mass is 32.1. The number of aryl methyl sites for hydroxylation is 3. The molecular formula is C17H25N5OS. The largest absolute Gasteiger partial charge is 0.333 e. The summed E-state index contributed by atoms with van der Waals surface area (Å²) in [5.74, 6) is 0.983. The molecule has 1 saturated heterocycles. The molecule has 0 aromatic carbocycles. The van der Waals surface area contributed by atoms with Gasteiger partial charge in [0, 0.05) is 30.4 Å². The van der Waals surface area contributed by atoms with Gasteiger partial charge in [0.05, 0.1) is 11.7 Å². The molecule has 2 amide bonds. The van der Waals surface area contributed by atoms with E-state index in [-0.39, 0.29) is 12.1 Å². The summed E-state index contributed by atoms with van der Waals surface area (Å²) >= 11 is 1.55. The van der Waals surface area contributed by atoms with Crippen LogP contribution in [0.5, 0.6) is 0 Å². The number of hydrogen-bond acceptors (Lipinski definition) is 4. The summed E-state index contributed by atoms with van der Waals surface area (Å²) in [7, 11) is 0. The lowest BCUT2D eigenvalue weighted by atomic mass is 10.0. The molecule has 130 valence electrons. The SMILES string of the molecule is CCc1nc(NC(=O)N2CCCC[C@H]2c2nccn2CC)sc1C. The van der Waals surface area contributed by atoms with E-state index < -0.39 is 0 Å². The number of likely N-dealkylation sites (tertiary alicyclic amines) is 1. The predicted octanol–water partition coefficient (Wildman–Crippen LogP) is 3.99. The summed E-state index contributed by atoms with van der Waals surface area (Å²) in [5, 5.41) is 3.69. The summed E-state index contributed by atoms with van der Waals surface area (Å²) in [4.78, 5) is 24.9. The molecular weight excluding hydrogens is 322 g/mol. The van der Waals surface area contributed by atoms with Crippen LogP contribution in [0.25, 0.3) is 0 Å². The van der Waals surface area contributed by atoms with Crippen molar-refractivity contribution in [3.63, 3.8) is 0 Å². The number of carbonyl (C=O) groups excluding carboxylic acids is 1. The van der Waals surface area contributed by atoms with Crippen LogP contribution < -0.4 is 5.32 Å². The Morgan fingerprint density at radius 2 is 2.25 bits per heavy atom. The average molecular weight is 347 g/mol. The smallest absolute Gasteiger partial charge is 0.324 e. The zero-order valence-corrected chi connectivity index (χ0v) is 15.4. The van der Waals surface area contributed by atoms with Gasteiger partial charge >= 0.3 is 6.03 Å². The van der Waals surface area contributed by atoms with Gasteiger partial charge in [-0.3, -0.25) is 5.32 Å². The number of urea groups is 1. The zero-order chi connectivity index (χ0) is 17.1. The molecule has 0 spiro atoms. The van der Waals surface area contributed by atoms with Crippen molar-refractivity contribution in [3.05, 3.63) is 28.8 Å². The average Bonchev–Trinajstić information content (AvgIpc) is 3.20. The molecule has 3 rings (SSSR count). The normalized spacial score (nSPS) is 18.0. The number of aromatic nitrogens is 3. The molecule has 1 fully saturated rings. The van der Waals surface area contributed by atoms with Crippen molar-refractivity contribution >= 4 is 22.5 Å². The van der Waals surface area contributed by atoms with Gasteiger partial charge in [0.25, 0.3) is 0 Å². The Bertz CT molecular complexity index is 708. The van der Waals surface area contributed by atoms with Crippen LogP contribution in [0.1, 0.15) is 55.5 Å². The number of nitrogens with one attached hydrogen (secondary N) is 1. The highest BCUT2D eigenvalue weighted by Crippen LogP contribution is 2.31. The summed E-state index contributed by atoms with van der Waals surface area (Å²) in [6.07, 6.45) is 7.81. The van der Waals surface area contributed by atoms with Gasteiger partial charge in [-0.1, -0.05) is 6.92 Å². The fraction of sp³-hybridized carbons (Fsp3) is 0.588. The minimum atomic E-state index is -0.0678. The molecule has 0 radical (unpaired) electrons. The van der Waals surface area contributed by atoms with Crippen molar-refractivity contribution < 1.29 is 4.79 Å². The minimum Gasteiger partial charge on any atom is -0.333 e. The Morgan fingerprint density at radius 1 is 1.42 bits per heavy atom. The minimum absolute atomic E-state index is 0.0420. The van der Waals surface area contributed by atoms with Gasteiger partial charge in [0.15, 0.2) is 5.13 Å². The Morgan fingerprint density at radius 3 is 2.96 bits per heavy atom. The number of carbonyl (C=O) groups is 1. The number of nitrogens with zero attached hydrogens (tertiary/aromatic N) is 4. The topological polar surface area (TPSA) is 63.1 Å². The molecule has 1 aliphatic heterocycles. The van der Waals surface area contributed by atoms with E-state index in [0.717, 1.165) is 50.3 Å². The van der Waals surface area contributed by atoms with Crippen LogP contribution in [-0.4, -0.2) is 32.0 Å². The highest BCUT2D eigenvalue weighted by molar-refractivity contribution is 7.15. The zero-order valence-electron chi connectivity index (χ0n) is 14.6. The molecule has 7 heteroatoms. The van der Waals surface area contributed by atoms with E-state index in [1.165, 1.54) is 4.88 Å². The van der Waals surface area contributed by atoms with Crippen molar-refractivity contribution in [1.29, 1.82) is 0 Å². The maximum atomic E-state index is 12.8. The van der Waals surface area contributed by atoms with Gasteiger partial charge in [0.2, 0.25) is 0 Å². The molecule has 1 atom stereocenters. The van der Waals surface area contributed by atoms with E-state index in [0.29, 0.717) is 5.13 Å². The van der Waals surface area contributed by atoms with E-state index >= 15 is 0 Å². The molecule has 2 aromatic heterocycles. The fourth-order valence-corrected chi connectivity index (χ4v) is 4.19. The van der Waals surface area contributed by atoms with Crippen molar-refractivity contribution in [2.75, 3.05) is 11.9 Å². The van der Waals surface area contributed by atoms with Crippen LogP contribution in [0.2, 0.25) is 0 Å². The summed E-state index contributed by atoms with van der Waals surface area (Å²) < 4.78 is 2.12. The van der Waals surface area contributed by atoms with Crippen LogP contribution in [0.3, 0.4) is 0 Å². The first-order valence-corrected chi connectivity index (χ1v) is 9.50. The molecule has 3 heterocycles. The Balaban J connectivity index is 1.78. The van der Waals surface area contributed by atoms with Crippen LogP contribution in [0.4, 0.5) is 9.93 Å². The second kappa shape index (κ2) is 7.34. The predicted molar refractivity (Wildman–Crippen MR) is 96.4 cm³/mol. The summed E-state index contributed by atoms with van der Waals surface area (Å²) in [5.41, 5.74) is 1.06. The van der Waals surface area contributed by atoms with Crippen molar-refractivity contribution in [1.82, 2.24) is 19.4 Å². The van der Waals surface area contributed by atoms with Gasteiger partial charge in [-0.2, -0.15) is 0 Å². The molecule has 2 aromatic rings. The highest BCUT2D eigenvalue weighted by Gasteiger charge is 2.31. The third-order valence-corrected chi connectivity index (χ3v) is 5.52. The summed E-state index contributed by atoms with van der Waals surface area (Å²) in [6.45, 7) is 7.86. The van der Waals surface area contributed by atoms with Crippen LogP contribution in [0.15, 0.2) is 12.4 Å². The number of rotatable bonds is 4. The first-order valence-electron chi connectivity index (χ1n) is 8.69. The first kappa shape index (κ1) is 17.0. The second-order valence-electron chi connectivity index (χ2n) is 6.08. The lowest BCUT2D eigenvalue weighted by Crippen LogP contribution is -2.42. The molecule has 1 N–H and O–H groups in total. The molecule has 1 aliphatic rings.